The van der Waals surface area contributed by atoms with Crippen LogP contribution in [0.2, 0.25) is 5.02 Å². The molecule has 126 valence electrons. The highest BCUT2D eigenvalue weighted by atomic mass is 35.5. The van der Waals surface area contributed by atoms with Gasteiger partial charge in [-0.3, -0.25) is 4.40 Å². The molecule has 0 atom stereocenters. The number of fused-ring (bicyclic) bond motifs is 1. The molecule has 0 fully saturated rings. The number of benzene rings is 1. The van der Waals surface area contributed by atoms with Gasteiger partial charge in [-0.05, 0) is 36.8 Å². The van der Waals surface area contributed by atoms with Crippen molar-refractivity contribution in [3.8, 4) is 17.1 Å². The molecule has 25 heavy (non-hydrogen) atoms. The first-order valence-corrected chi connectivity index (χ1v) is 7.98. The maximum Gasteiger partial charge on any atom is 0.231 e. The van der Waals surface area contributed by atoms with Crippen molar-refractivity contribution < 1.29 is 9.26 Å². The monoisotopic (exact) mass is 355 g/mol. The van der Waals surface area contributed by atoms with Crippen molar-refractivity contribution in [2.75, 3.05) is 7.11 Å². The fraction of sp³-hybridized carbons (Fsp3) is 0.176. The Hall–Kier alpha value is -2.93. The van der Waals surface area contributed by atoms with E-state index in [1.807, 2.05) is 47.9 Å². The van der Waals surface area contributed by atoms with Gasteiger partial charge in [-0.2, -0.15) is 4.98 Å². The third-order valence-electron chi connectivity index (χ3n) is 3.87. The molecule has 1 aromatic carbocycles. The van der Waals surface area contributed by atoms with Crippen molar-refractivity contribution >= 4 is 17.2 Å². The minimum Gasteiger partial charge on any atom is -0.495 e. The summed E-state index contributed by atoms with van der Waals surface area (Å²) in [5.74, 6) is 2.46. The van der Waals surface area contributed by atoms with E-state index < -0.39 is 0 Å². The SMILES string of the molecule is COc1ccc(Cc2nc(-c3ccc4nnc(C)n4c3)no2)cc1Cl. The van der Waals surface area contributed by atoms with E-state index in [0.717, 1.165) is 22.6 Å². The number of halogens is 1. The predicted octanol–water partition coefficient (Wildman–Crippen LogP) is 3.34. The molecule has 0 spiro atoms. The van der Waals surface area contributed by atoms with Crippen LogP contribution in [-0.4, -0.2) is 31.8 Å². The number of nitrogens with zero attached hydrogens (tertiary/aromatic N) is 5. The molecule has 4 aromatic rings. The summed E-state index contributed by atoms with van der Waals surface area (Å²) in [6.45, 7) is 1.89. The fourth-order valence-electron chi connectivity index (χ4n) is 2.58. The van der Waals surface area contributed by atoms with Crippen molar-refractivity contribution in [2.24, 2.45) is 0 Å². The van der Waals surface area contributed by atoms with Crippen LogP contribution in [0.3, 0.4) is 0 Å². The van der Waals surface area contributed by atoms with Gasteiger partial charge in [0.15, 0.2) is 5.65 Å². The van der Waals surface area contributed by atoms with Gasteiger partial charge in [-0.15, -0.1) is 10.2 Å². The van der Waals surface area contributed by atoms with Crippen LogP contribution in [0.15, 0.2) is 41.1 Å². The quantitative estimate of drug-likeness (QED) is 0.558. The molecule has 3 heterocycles. The van der Waals surface area contributed by atoms with Crippen LogP contribution >= 0.6 is 11.6 Å². The molecule has 0 radical (unpaired) electrons. The number of aryl methyl sites for hydroxylation is 1. The second-order valence-corrected chi connectivity index (χ2v) is 5.96. The van der Waals surface area contributed by atoms with E-state index in [2.05, 4.69) is 20.3 Å². The Labute approximate surface area is 148 Å². The number of hydrogen-bond acceptors (Lipinski definition) is 6. The molecule has 7 nitrogen and oxygen atoms in total. The highest BCUT2D eigenvalue weighted by molar-refractivity contribution is 6.32. The van der Waals surface area contributed by atoms with E-state index in [0.29, 0.717) is 28.9 Å². The number of rotatable bonds is 4. The lowest BCUT2D eigenvalue weighted by Crippen LogP contribution is -1.92. The van der Waals surface area contributed by atoms with E-state index in [-0.39, 0.29) is 0 Å². The van der Waals surface area contributed by atoms with Crippen LogP contribution in [0.4, 0.5) is 0 Å². The molecule has 0 unspecified atom stereocenters. The van der Waals surface area contributed by atoms with Gasteiger partial charge in [0, 0.05) is 11.8 Å². The van der Waals surface area contributed by atoms with Gasteiger partial charge in [0.05, 0.1) is 18.6 Å². The van der Waals surface area contributed by atoms with E-state index in [4.69, 9.17) is 20.9 Å². The molecular weight excluding hydrogens is 342 g/mol. The molecule has 3 aromatic heterocycles. The predicted molar refractivity (Wildman–Crippen MR) is 91.8 cm³/mol. The van der Waals surface area contributed by atoms with E-state index >= 15 is 0 Å². The van der Waals surface area contributed by atoms with Crippen LogP contribution in [0.5, 0.6) is 5.75 Å². The molecule has 0 aliphatic carbocycles. The first-order chi connectivity index (χ1) is 12.1. The van der Waals surface area contributed by atoms with Gasteiger partial charge in [-0.25, -0.2) is 0 Å². The molecule has 0 saturated heterocycles. The summed E-state index contributed by atoms with van der Waals surface area (Å²) < 4.78 is 12.4. The normalized spacial score (nSPS) is 11.2. The maximum atomic E-state index is 6.15. The minimum atomic E-state index is 0.491. The second-order valence-electron chi connectivity index (χ2n) is 5.55. The highest BCUT2D eigenvalue weighted by Gasteiger charge is 2.12. The standard InChI is InChI=1S/C17H14ClN5O2/c1-10-20-21-15-6-4-12(9-23(10)15)17-19-16(25-22-17)8-11-3-5-14(24-2)13(18)7-11/h3-7,9H,8H2,1-2H3. The third-order valence-corrected chi connectivity index (χ3v) is 4.17. The molecule has 4 rings (SSSR count). The fourth-order valence-corrected chi connectivity index (χ4v) is 2.86. The summed E-state index contributed by atoms with van der Waals surface area (Å²) >= 11 is 6.15. The average molecular weight is 356 g/mol. The first kappa shape index (κ1) is 15.6. The lowest BCUT2D eigenvalue weighted by atomic mass is 10.1. The largest absolute Gasteiger partial charge is 0.495 e. The van der Waals surface area contributed by atoms with Crippen LogP contribution in [0.1, 0.15) is 17.3 Å². The zero-order valence-corrected chi connectivity index (χ0v) is 14.4. The topological polar surface area (TPSA) is 78.3 Å². The van der Waals surface area contributed by atoms with Crippen LogP contribution in [0, 0.1) is 6.92 Å². The molecule has 0 aliphatic rings. The first-order valence-electron chi connectivity index (χ1n) is 7.61. The summed E-state index contributed by atoms with van der Waals surface area (Å²) in [7, 11) is 1.58. The Kier molecular flexibility index (Phi) is 3.85. The molecule has 0 N–H and O–H groups in total. The Morgan fingerprint density at radius 2 is 2.08 bits per heavy atom. The lowest BCUT2D eigenvalue weighted by molar-refractivity contribution is 0.385. The number of hydrogen-bond donors (Lipinski definition) is 0. The van der Waals surface area contributed by atoms with Crippen molar-refractivity contribution in [2.45, 2.75) is 13.3 Å². The van der Waals surface area contributed by atoms with Crippen LogP contribution in [-0.2, 0) is 6.42 Å². The lowest BCUT2D eigenvalue weighted by Gasteiger charge is -2.04. The van der Waals surface area contributed by atoms with Gasteiger partial charge in [0.25, 0.3) is 0 Å². The Morgan fingerprint density at radius 3 is 2.88 bits per heavy atom. The molecule has 0 saturated carbocycles. The summed E-state index contributed by atoms with van der Waals surface area (Å²) in [5, 5.41) is 12.7. The Bertz CT molecular complexity index is 1060. The molecule has 0 bridgehead atoms. The molecule has 0 amide bonds. The third kappa shape index (κ3) is 2.94. The Morgan fingerprint density at radius 1 is 1.20 bits per heavy atom. The number of ether oxygens (including phenoxy) is 1. The molecule has 8 heteroatoms. The smallest absolute Gasteiger partial charge is 0.231 e. The van der Waals surface area contributed by atoms with Crippen molar-refractivity contribution in [3.63, 3.8) is 0 Å². The van der Waals surface area contributed by atoms with Crippen molar-refractivity contribution in [1.82, 2.24) is 24.7 Å². The summed E-state index contributed by atoms with van der Waals surface area (Å²) in [4.78, 5) is 4.46. The van der Waals surface area contributed by atoms with Gasteiger partial charge in [0.2, 0.25) is 11.7 Å². The molecular formula is C17H14ClN5O2. The number of methoxy groups -OCH3 is 1. The minimum absolute atomic E-state index is 0.491. The van der Waals surface area contributed by atoms with Gasteiger partial charge < -0.3 is 9.26 Å². The van der Waals surface area contributed by atoms with Crippen LogP contribution in [0.25, 0.3) is 17.0 Å². The second kappa shape index (κ2) is 6.18. The summed E-state index contributed by atoms with van der Waals surface area (Å²) in [5.41, 5.74) is 2.57. The van der Waals surface area contributed by atoms with Gasteiger partial charge >= 0.3 is 0 Å². The zero-order chi connectivity index (χ0) is 17.4. The van der Waals surface area contributed by atoms with Gasteiger partial charge in [-0.1, -0.05) is 22.8 Å². The number of aromatic nitrogens is 5. The van der Waals surface area contributed by atoms with Crippen molar-refractivity contribution in [1.29, 1.82) is 0 Å². The maximum absolute atomic E-state index is 6.15. The molecule has 0 aliphatic heterocycles. The van der Waals surface area contributed by atoms with Gasteiger partial charge in [0.1, 0.15) is 11.6 Å². The summed E-state index contributed by atoms with van der Waals surface area (Å²) in [6.07, 6.45) is 2.38. The van der Waals surface area contributed by atoms with Crippen molar-refractivity contribution in [3.05, 3.63) is 58.8 Å². The van der Waals surface area contributed by atoms with E-state index in [1.54, 1.807) is 7.11 Å². The average Bonchev–Trinajstić information content (AvgIpc) is 3.22. The zero-order valence-electron chi connectivity index (χ0n) is 13.6. The highest BCUT2D eigenvalue weighted by Crippen LogP contribution is 2.26. The summed E-state index contributed by atoms with van der Waals surface area (Å²) in [6, 6.07) is 9.33. The van der Waals surface area contributed by atoms with E-state index in [9.17, 15) is 0 Å². The Balaban J connectivity index is 1.60. The number of pyridine rings is 1. The van der Waals surface area contributed by atoms with Crippen LogP contribution < -0.4 is 4.74 Å². The van der Waals surface area contributed by atoms with E-state index in [1.165, 1.54) is 0 Å².